The molecule has 1 aromatic carbocycles. The third-order valence-electron chi connectivity index (χ3n) is 3.50. The number of hydrogen-bond acceptors (Lipinski definition) is 1. The molecule has 0 aliphatic heterocycles. The molecule has 2 nitrogen and oxygen atoms in total. The van der Waals surface area contributed by atoms with E-state index in [1.165, 1.54) is 22.2 Å². The summed E-state index contributed by atoms with van der Waals surface area (Å²) in [6.45, 7) is 0. The number of aliphatic hydroxyl groups is 1. The number of aryl methyl sites for hydroxylation is 1. The molecular formula is C13H15NO. The van der Waals surface area contributed by atoms with Crippen molar-refractivity contribution >= 4 is 10.9 Å². The maximum Gasteiger partial charge on any atom is 0.0813 e. The van der Waals surface area contributed by atoms with Crippen molar-refractivity contribution in [3.63, 3.8) is 0 Å². The van der Waals surface area contributed by atoms with Gasteiger partial charge in [-0.3, -0.25) is 0 Å². The summed E-state index contributed by atoms with van der Waals surface area (Å²) in [6.07, 6.45) is 2.83. The van der Waals surface area contributed by atoms with Gasteiger partial charge in [-0.05, 0) is 25.3 Å². The standard InChI is InChI=1S/C13H15NO/c1-14-10-6-3-2-5-9(10)13-11(14)7-4-8-12(13)15/h2-3,5-6,12,15H,4,7-8H2,1H3/t12-/m1/s1. The van der Waals surface area contributed by atoms with Crippen LogP contribution < -0.4 is 0 Å². The van der Waals surface area contributed by atoms with Crippen LogP contribution in [-0.2, 0) is 13.5 Å². The Morgan fingerprint density at radius 2 is 2.13 bits per heavy atom. The normalized spacial score (nSPS) is 20.5. The number of benzene rings is 1. The molecule has 0 unspecified atom stereocenters. The molecule has 0 spiro atoms. The van der Waals surface area contributed by atoms with Gasteiger partial charge < -0.3 is 9.67 Å². The van der Waals surface area contributed by atoms with Crippen LogP contribution in [0.1, 0.15) is 30.2 Å². The van der Waals surface area contributed by atoms with Gasteiger partial charge in [0.05, 0.1) is 6.10 Å². The van der Waals surface area contributed by atoms with Crippen molar-refractivity contribution in [2.45, 2.75) is 25.4 Å². The summed E-state index contributed by atoms with van der Waals surface area (Å²) in [5.74, 6) is 0. The van der Waals surface area contributed by atoms with Gasteiger partial charge in [0.1, 0.15) is 0 Å². The summed E-state index contributed by atoms with van der Waals surface area (Å²) >= 11 is 0. The predicted octanol–water partition coefficient (Wildman–Crippen LogP) is 2.55. The first kappa shape index (κ1) is 8.98. The van der Waals surface area contributed by atoms with Crippen LogP contribution in [0.25, 0.3) is 10.9 Å². The minimum atomic E-state index is -0.264. The van der Waals surface area contributed by atoms with Gasteiger partial charge in [-0.25, -0.2) is 0 Å². The zero-order valence-electron chi connectivity index (χ0n) is 8.90. The van der Waals surface area contributed by atoms with Gasteiger partial charge in [0.15, 0.2) is 0 Å². The summed E-state index contributed by atoms with van der Waals surface area (Å²) in [5, 5.41) is 11.3. The van der Waals surface area contributed by atoms with E-state index in [-0.39, 0.29) is 6.10 Å². The van der Waals surface area contributed by atoms with Crippen LogP contribution in [0.5, 0.6) is 0 Å². The van der Waals surface area contributed by atoms with Crippen LogP contribution >= 0.6 is 0 Å². The molecule has 0 radical (unpaired) electrons. The minimum absolute atomic E-state index is 0.264. The fourth-order valence-electron chi connectivity index (χ4n) is 2.76. The Morgan fingerprint density at radius 1 is 1.33 bits per heavy atom. The molecule has 0 saturated carbocycles. The van der Waals surface area contributed by atoms with Crippen LogP contribution in [0.2, 0.25) is 0 Å². The first-order valence-electron chi connectivity index (χ1n) is 5.53. The molecule has 15 heavy (non-hydrogen) atoms. The van der Waals surface area contributed by atoms with E-state index >= 15 is 0 Å². The molecule has 1 heterocycles. The Balaban J connectivity index is 2.41. The molecule has 1 aliphatic rings. The maximum atomic E-state index is 10.1. The van der Waals surface area contributed by atoms with Gasteiger partial charge in [0.25, 0.3) is 0 Å². The number of aromatic nitrogens is 1. The minimum Gasteiger partial charge on any atom is -0.388 e. The van der Waals surface area contributed by atoms with Crippen molar-refractivity contribution in [2.24, 2.45) is 7.05 Å². The van der Waals surface area contributed by atoms with Crippen LogP contribution in [0.4, 0.5) is 0 Å². The lowest BCUT2D eigenvalue weighted by molar-refractivity contribution is 0.157. The second-order valence-corrected chi connectivity index (χ2v) is 4.34. The second kappa shape index (κ2) is 3.11. The highest BCUT2D eigenvalue weighted by Crippen LogP contribution is 2.36. The molecule has 0 saturated heterocycles. The molecular weight excluding hydrogens is 186 g/mol. The number of para-hydroxylation sites is 1. The van der Waals surface area contributed by atoms with Crippen LogP contribution in [0, 0.1) is 0 Å². The quantitative estimate of drug-likeness (QED) is 0.696. The van der Waals surface area contributed by atoms with E-state index < -0.39 is 0 Å². The third-order valence-corrected chi connectivity index (χ3v) is 3.50. The highest BCUT2D eigenvalue weighted by molar-refractivity contribution is 5.86. The second-order valence-electron chi connectivity index (χ2n) is 4.34. The van der Waals surface area contributed by atoms with Gasteiger partial charge in [-0.15, -0.1) is 0 Å². The third kappa shape index (κ3) is 1.15. The zero-order valence-corrected chi connectivity index (χ0v) is 8.90. The van der Waals surface area contributed by atoms with Gasteiger partial charge in [0, 0.05) is 29.2 Å². The lowest BCUT2D eigenvalue weighted by atomic mass is 9.93. The SMILES string of the molecule is Cn1c2c(c3ccccc31)[C@H](O)CCC2. The van der Waals surface area contributed by atoms with Gasteiger partial charge in [-0.2, -0.15) is 0 Å². The Hall–Kier alpha value is -1.28. The number of fused-ring (bicyclic) bond motifs is 3. The molecule has 1 aliphatic carbocycles. The molecule has 3 rings (SSSR count). The molecule has 0 amide bonds. The van der Waals surface area contributed by atoms with Gasteiger partial charge >= 0.3 is 0 Å². The highest BCUT2D eigenvalue weighted by Gasteiger charge is 2.24. The van der Waals surface area contributed by atoms with Crippen LogP contribution in [0.15, 0.2) is 24.3 Å². The molecule has 0 bridgehead atoms. The zero-order chi connectivity index (χ0) is 10.4. The number of nitrogens with zero attached hydrogens (tertiary/aromatic N) is 1. The Morgan fingerprint density at radius 3 is 3.00 bits per heavy atom. The van der Waals surface area contributed by atoms with E-state index in [1.807, 2.05) is 6.07 Å². The van der Waals surface area contributed by atoms with Crippen molar-refractivity contribution in [3.8, 4) is 0 Å². The Labute approximate surface area is 89.1 Å². The fourth-order valence-corrected chi connectivity index (χ4v) is 2.76. The highest BCUT2D eigenvalue weighted by atomic mass is 16.3. The largest absolute Gasteiger partial charge is 0.388 e. The summed E-state index contributed by atoms with van der Waals surface area (Å²) in [7, 11) is 2.10. The smallest absolute Gasteiger partial charge is 0.0813 e. The van der Waals surface area contributed by atoms with Crippen LogP contribution in [-0.4, -0.2) is 9.67 Å². The van der Waals surface area contributed by atoms with Crippen molar-refractivity contribution in [1.82, 2.24) is 4.57 Å². The molecule has 1 aromatic heterocycles. The lowest BCUT2D eigenvalue weighted by Gasteiger charge is -2.19. The van der Waals surface area contributed by atoms with Crippen molar-refractivity contribution < 1.29 is 5.11 Å². The summed E-state index contributed by atoms with van der Waals surface area (Å²) in [4.78, 5) is 0. The topological polar surface area (TPSA) is 25.2 Å². The average molecular weight is 201 g/mol. The molecule has 1 atom stereocenters. The van der Waals surface area contributed by atoms with E-state index in [0.717, 1.165) is 19.3 Å². The van der Waals surface area contributed by atoms with E-state index in [2.05, 4.69) is 29.8 Å². The van der Waals surface area contributed by atoms with Crippen molar-refractivity contribution in [2.75, 3.05) is 0 Å². The van der Waals surface area contributed by atoms with Gasteiger partial charge in [-0.1, -0.05) is 18.2 Å². The number of hydrogen-bond donors (Lipinski definition) is 1. The molecule has 0 fully saturated rings. The summed E-state index contributed by atoms with van der Waals surface area (Å²) in [6, 6.07) is 8.34. The van der Waals surface area contributed by atoms with E-state index in [0.29, 0.717) is 0 Å². The fraction of sp³-hybridized carbons (Fsp3) is 0.385. The molecule has 78 valence electrons. The first-order chi connectivity index (χ1) is 7.29. The molecule has 2 heteroatoms. The number of rotatable bonds is 0. The predicted molar refractivity (Wildman–Crippen MR) is 60.8 cm³/mol. The lowest BCUT2D eigenvalue weighted by Crippen LogP contribution is -2.10. The van der Waals surface area contributed by atoms with E-state index in [1.54, 1.807) is 0 Å². The van der Waals surface area contributed by atoms with E-state index in [4.69, 9.17) is 0 Å². The molecule has 2 aromatic rings. The molecule has 1 N–H and O–H groups in total. The average Bonchev–Trinajstić information content (AvgIpc) is 2.55. The Bertz CT molecular complexity index is 512. The summed E-state index contributed by atoms with van der Waals surface area (Å²) in [5.41, 5.74) is 3.72. The monoisotopic (exact) mass is 201 g/mol. The van der Waals surface area contributed by atoms with Crippen molar-refractivity contribution in [3.05, 3.63) is 35.5 Å². The van der Waals surface area contributed by atoms with Crippen LogP contribution in [0.3, 0.4) is 0 Å². The first-order valence-corrected chi connectivity index (χ1v) is 5.53. The maximum absolute atomic E-state index is 10.1. The van der Waals surface area contributed by atoms with E-state index in [9.17, 15) is 5.11 Å². The summed E-state index contributed by atoms with van der Waals surface area (Å²) < 4.78 is 2.23. The Kier molecular flexibility index (Phi) is 1.86. The van der Waals surface area contributed by atoms with Gasteiger partial charge in [0.2, 0.25) is 0 Å². The number of aliphatic hydroxyl groups excluding tert-OH is 1. The van der Waals surface area contributed by atoms with Crippen molar-refractivity contribution in [1.29, 1.82) is 0 Å².